The third-order valence-electron chi connectivity index (χ3n) is 5.70. The average molecular weight is 393 g/mol. The molecule has 2 aliphatic rings. The van der Waals surface area contributed by atoms with E-state index in [9.17, 15) is 15.8 Å². The van der Waals surface area contributed by atoms with Crippen LogP contribution in [0.25, 0.3) is 0 Å². The lowest BCUT2D eigenvalue weighted by Crippen LogP contribution is -2.57. The summed E-state index contributed by atoms with van der Waals surface area (Å²) >= 11 is 6.14. The van der Waals surface area contributed by atoms with E-state index in [0.717, 1.165) is 0 Å². The Hall–Kier alpha value is -3.31. The molecule has 4 unspecified atom stereocenters. The maximum absolute atomic E-state index is 10.2. The summed E-state index contributed by atoms with van der Waals surface area (Å²) in [4.78, 5) is 0. The number of benzene rings is 1. The molecule has 1 aromatic heterocycles. The first-order valence-corrected chi connectivity index (χ1v) is 8.78. The fourth-order valence-electron chi connectivity index (χ4n) is 4.27. The maximum atomic E-state index is 10.2. The van der Waals surface area contributed by atoms with Crippen molar-refractivity contribution in [2.45, 2.75) is 18.8 Å². The van der Waals surface area contributed by atoms with E-state index in [-0.39, 0.29) is 5.76 Å². The van der Waals surface area contributed by atoms with Gasteiger partial charge >= 0.3 is 0 Å². The van der Waals surface area contributed by atoms with Crippen LogP contribution in [-0.2, 0) is 15.3 Å². The van der Waals surface area contributed by atoms with Gasteiger partial charge in [-0.3, -0.25) is 5.41 Å². The van der Waals surface area contributed by atoms with Crippen molar-refractivity contribution < 1.29 is 13.9 Å². The number of hydrogen-bond donors (Lipinski definition) is 1. The molecule has 4 rings (SSSR count). The first kappa shape index (κ1) is 18.1. The van der Waals surface area contributed by atoms with Gasteiger partial charge in [0.1, 0.15) is 5.76 Å². The smallest absolute Gasteiger partial charge is 0.244 e. The first-order chi connectivity index (χ1) is 13.4. The van der Waals surface area contributed by atoms with Gasteiger partial charge in [0.15, 0.2) is 11.5 Å². The Morgan fingerprint density at radius 1 is 1.11 bits per heavy atom. The van der Waals surface area contributed by atoms with Crippen molar-refractivity contribution in [3.8, 4) is 18.2 Å². The number of fused-ring (bicyclic) bond motifs is 2. The normalized spacial score (nSPS) is 32.6. The van der Waals surface area contributed by atoms with Crippen LogP contribution in [-0.4, -0.2) is 5.90 Å². The third kappa shape index (κ3) is 1.86. The molecule has 4 atom stereocenters. The van der Waals surface area contributed by atoms with E-state index >= 15 is 0 Å². The van der Waals surface area contributed by atoms with Gasteiger partial charge in [0.25, 0.3) is 0 Å². The standard InChI is InChI=1S/C20H13ClN4O3/c1-12-19(11-24)17(25)28-20(12,13-4-2-5-14(21)8-13)27-16(15-6-3-7-26-15)18(19,9-22)10-23/h2-8,12,16,25H,1H3. The van der Waals surface area contributed by atoms with Gasteiger partial charge in [-0.15, -0.1) is 0 Å². The summed E-state index contributed by atoms with van der Waals surface area (Å²) in [6.07, 6.45) is 0.130. The van der Waals surface area contributed by atoms with Crippen molar-refractivity contribution in [2.24, 2.45) is 16.7 Å². The summed E-state index contributed by atoms with van der Waals surface area (Å²) in [6, 6.07) is 15.8. The second-order valence-corrected chi connectivity index (χ2v) is 7.23. The minimum Gasteiger partial charge on any atom is -0.466 e. The Morgan fingerprint density at radius 3 is 2.43 bits per heavy atom. The van der Waals surface area contributed by atoms with Crippen LogP contribution in [0.1, 0.15) is 24.4 Å². The fraction of sp³-hybridized carbons (Fsp3) is 0.300. The van der Waals surface area contributed by atoms with Gasteiger partial charge in [0, 0.05) is 10.6 Å². The van der Waals surface area contributed by atoms with Gasteiger partial charge < -0.3 is 13.9 Å². The van der Waals surface area contributed by atoms with Crippen LogP contribution in [0, 0.1) is 56.2 Å². The predicted octanol–water partition coefficient (Wildman–Crippen LogP) is 4.04. The number of nitriles is 3. The van der Waals surface area contributed by atoms with Gasteiger partial charge in [0.2, 0.25) is 17.1 Å². The van der Waals surface area contributed by atoms with Gasteiger partial charge in [-0.25, -0.2) is 0 Å². The molecule has 2 bridgehead atoms. The predicted molar refractivity (Wildman–Crippen MR) is 95.3 cm³/mol. The Balaban J connectivity index is 2.05. The number of halogens is 1. The van der Waals surface area contributed by atoms with Crippen LogP contribution in [0.4, 0.5) is 0 Å². The molecular weight excluding hydrogens is 380 g/mol. The summed E-state index contributed by atoms with van der Waals surface area (Å²) in [7, 11) is 0. The fourth-order valence-corrected chi connectivity index (χ4v) is 4.46. The van der Waals surface area contributed by atoms with E-state index in [0.29, 0.717) is 10.6 Å². The minimum absolute atomic E-state index is 0.194. The molecule has 0 aliphatic carbocycles. The first-order valence-electron chi connectivity index (χ1n) is 8.41. The molecular formula is C20H13ClN4O3. The number of hydrogen-bond acceptors (Lipinski definition) is 7. The molecule has 28 heavy (non-hydrogen) atoms. The number of ether oxygens (including phenoxy) is 2. The second-order valence-electron chi connectivity index (χ2n) is 6.80. The van der Waals surface area contributed by atoms with Crippen LogP contribution >= 0.6 is 11.6 Å². The molecule has 3 heterocycles. The van der Waals surface area contributed by atoms with Crippen molar-refractivity contribution in [2.75, 3.05) is 0 Å². The molecule has 7 nitrogen and oxygen atoms in total. The lowest BCUT2D eigenvalue weighted by molar-refractivity contribution is -0.292. The van der Waals surface area contributed by atoms with Crippen molar-refractivity contribution in [1.29, 1.82) is 21.2 Å². The highest BCUT2D eigenvalue weighted by Crippen LogP contribution is 2.69. The molecule has 2 aliphatic heterocycles. The minimum atomic E-state index is -2.05. The van der Waals surface area contributed by atoms with Crippen LogP contribution in [0.2, 0.25) is 5.02 Å². The van der Waals surface area contributed by atoms with Crippen molar-refractivity contribution in [3.05, 3.63) is 59.0 Å². The molecule has 2 saturated heterocycles. The van der Waals surface area contributed by atoms with Gasteiger partial charge in [-0.1, -0.05) is 30.7 Å². The van der Waals surface area contributed by atoms with E-state index in [4.69, 9.17) is 30.9 Å². The largest absolute Gasteiger partial charge is 0.466 e. The van der Waals surface area contributed by atoms with Gasteiger partial charge in [-0.05, 0) is 24.3 Å². The number of furan rings is 1. The monoisotopic (exact) mass is 392 g/mol. The Bertz CT molecular complexity index is 1080. The maximum Gasteiger partial charge on any atom is 0.244 e. The number of nitrogens with one attached hydrogen (secondary N) is 1. The summed E-state index contributed by atoms with van der Waals surface area (Å²) in [6.45, 7) is 1.63. The molecule has 8 heteroatoms. The molecule has 1 aromatic carbocycles. The highest BCUT2D eigenvalue weighted by atomic mass is 35.5. The highest BCUT2D eigenvalue weighted by Gasteiger charge is 2.80. The zero-order chi connectivity index (χ0) is 20.2. The van der Waals surface area contributed by atoms with Crippen molar-refractivity contribution in [3.63, 3.8) is 0 Å². The van der Waals surface area contributed by atoms with Crippen LogP contribution in [0.5, 0.6) is 0 Å². The van der Waals surface area contributed by atoms with Crippen LogP contribution in [0.3, 0.4) is 0 Å². The number of rotatable bonds is 2. The van der Waals surface area contributed by atoms with E-state index in [2.05, 4.69) is 6.07 Å². The summed E-state index contributed by atoms with van der Waals surface area (Å²) in [5.74, 6) is -2.72. The molecule has 2 aromatic rings. The zero-order valence-corrected chi connectivity index (χ0v) is 15.4. The quantitative estimate of drug-likeness (QED) is 0.821. The van der Waals surface area contributed by atoms with Crippen LogP contribution < -0.4 is 0 Å². The van der Waals surface area contributed by atoms with E-state index in [1.807, 2.05) is 12.1 Å². The zero-order valence-electron chi connectivity index (χ0n) is 14.6. The van der Waals surface area contributed by atoms with E-state index < -0.39 is 34.5 Å². The van der Waals surface area contributed by atoms with Crippen molar-refractivity contribution >= 4 is 17.5 Å². The second kappa shape index (κ2) is 5.84. The lowest BCUT2D eigenvalue weighted by Gasteiger charge is -2.47. The summed E-state index contributed by atoms with van der Waals surface area (Å²) in [5.41, 5.74) is -3.43. The van der Waals surface area contributed by atoms with Gasteiger partial charge in [0.05, 0.1) is 30.4 Å². The molecule has 2 fully saturated rings. The molecule has 138 valence electrons. The number of nitrogens with zero attached hydrogens (tertiary/aromatic N) is 3. The molecule has 0 radical (unpaired) electrons. The third-order valence-corrected chi connectivity index (χ3v) is 5.93. The van der Waals surface area contributed by atoms with E-state index in [1.165, 1.54) is 6.26 Å². The summed E-state index contributed by atoms with van der Waals surface area (Å²) in [5, 5.41) is 39.1. The van der Waals surface area contributed by atoms with Gasteiger partial charge in [-0.2, -0.15) is 15.8 Å². The Kier molecular flexibility index (Phi) is 3.77. The Morgan fingerprint density at radius 2 is 1.86 bits per heavy atom. The SMILES string of the molecule is CC1C2(c3cccc(Cl)c3)OC(=N)C1(C#N)C(C#N)(C#N)C(c1ccco1)O2. The molecule has 1 N–H and O–H groups in total. The topological polar surface area (TPSA) is 127 Å². The molecule has 0 saturated carbocycles. The molecule has 0 amide bonds. The Labute approximate surface area is 165 Å². The van der Waals surface area contributed by atoms with E-state index in [1.54, 1.807) is 43.3 Å². The highest BCUT2D eigenvalue weighted by molar-refractivity contribution is 6.30. The lowest BCUT2D eigenvalue weighted by atomic mass is 9.54. The van der Waals surface area contributed by atoms with Crippen LogP contribution in [0.15, 0.2) is 47.1 Å². The average Bonchev–Trinajstić information content (AvgIpc) is 3.28. The summed E-state index contributed by atoms with van der Waals surface area (Å²) < 4.78 is 17.5. The van der Waals surface area contributed by atoms with Crippen molar-refractivity contribution in [1.82, 2.24) is 0 Å². The molecule has 0 spiro atoms.